The van der Waals surface area contributed by atoms with E-state index in [0.717, 1.165) is 11.3 Å². The fourth-order valence-corrected chi connectivity index (χ4v) is 2.34. The molecule has 0 radical (unpaired) electrons. The first kappa shape index (κ1) is 17.7. The van der Waals surface area contributed by atoms with Crippen LogP contribution in [0.25, 0.3) is 0 Å². The molecule has 0 bridgehead atoms. The lowest BCUT2D eigenvalue weighted by Crippen LogP contribution is -2.37. The van der Waals surface area contributed by atoms with Crippen LogP contribution in [0, 0.1) is 6.92 Å². The third-order valence-electron chi connectivity index (χ3n) is 3.56. The Kier molecular flexibility index (Phi) is 6.07. The topological polar surface area (TPSA) is 58.1 Å². The molecule has 2 aromatic rings. The predicted molar refractivity (Wildman–Crippen MR) is 96.9 cm³/mol. The molecule has 1 aromatic carbocycles. The molecule has 126 valence electrons. The van der Waals surface area contributed by atoms with Crippen molar-refractivity contribution in [3.8, 4) is 0 Å². The Hall–Kier alpha value is -2.69. The zero-order chi connectivity index (χ0) is 17.5. The lowest BCUT2D eigenvalue weighted by atomic mass is 10.1. The number of anilines is 1. The van der Waals surface area contributed by atoms with Crippen molar-refractivity contribution >= 4 is 11.9 Å². The molecular formula is C19H24N4O. The fraction of sp³-hybridized carbons (Fsp3) is 0.316. The fourth-order valence-electron chi connectivity index (χ4n) is 2.34. The van der Waals surface area contributed by atoms with E-state index in [0.29, 0.717) is 24.7 Å². The molecule has 1 aromatic heterocycles. The Morgan fingerprint density at radius 3 is 2.62 bits per heavy atom. The quantitative estimate of drug-likeness (QED) is 0.793. The van der Waals surface area contributed by atoms with E-state index in [4.69, 9.17) is 0 Å². The van der Waals surface area contributed by atoms with Crippen LogP contribution in [-0.4, -0.2) is 33.4 Å². The van der Waals surface area contributed by atoms with Crippen LogP contribution >= 0.6 is 0 Å². The minimum absolute atomic E-state index is 0.0672. The van der Waals surface area contributed by atoms with Gasteiger partial charge in [-0.3, -0.25) is 4.79 Å². The van der Waals surface area contributed by atoms with Gasteiger partial charge in [-0.05, 0) is 32.4 Å². The van der Waals surface area contributed by atoms with Crippen molar-refractivity contribution in [3.63, 3.8) is 0 Å². The van der Waals surface area contributed by atoms with Crippen molar-refractivity contribution in [3.05, 3.63) is 66.0 Å². The summed E-state index contributed by atoms with van der Waals surface area (Å²) >= 11 is 0. The number of nitrogens with one attached hydrogen (secondary N) is 1. The van der Waals surface area contributed by atoms with Crippen LogP contribution in [0.15, 0.2) is 49.1 Å². The Morgan fingerprint density at radius 1 is 1.29 bits per heavy atom. The van der Waals surface area contributed by atoms with Crippen molar-refractivity contribution in [2.45, 2.75) is 33.4 Å². The van der Waals surface area contributed by atoms with Gasteiger partial charge in [-0.1, -0.05) is 36.4 Å². The lowest BCUT2D eigenvalue weighted by Gasteiger charge is -2.26. The van der Waals surface area contributed by atoms with Gasteiger partial charge < -0.3 is 10.2 Å². The second-order valence-corrected chi connectivity index (χ2v) is 5.90. The molecule has 5 heteroatoms. The van der Waals surface area contributed by atoms with Crippen LogP contribution in [0.3, 0.4) is 0 Å². The number of benzene rings is 1. The maximum Gasteiger partial charge on any atom is 0.273 e. The number of aromatic nitrogens is 2. The molecular weight excluding hydrogens is 300 g/mol. The summed E-state index contributed by atoms with van der Waals surface area (Å²) in [5.41, 5.74) is 2.25. The molecule has 0 aliphatic carbocycles. The molecule has 0 saturated carbocycles. The average molecular weight is 324 g/mol. The van der Waals surface area contributed by atoms with Gasteiger partial charge in [0.05, 0.1) is 0 Å². The number of hydrogen-bond donors (Lipinski definition) is 1. The van der Waals surface area contributed by atoms with Gasteiger partial charge in [-0.2, -0.15) is 0 Å². The predicted octanol–water partition coefficient (Wildman–Crippen LogP) is 3.43. The van der Waals surface area contributed by atoms with Gasteiger partial charge in [0.1, 0.15) is 5.69 Å². The van der Waals surface area contributed by atoms with Gasteiger partial charge in [0.15, 0.2) is 0 Å². The third-order valence-corrected chi connectivity index (χ3v) is 3.56. The van der Waals surface area contributed by atoms with E-state index in [9.17, 15) is 4.79 Å². The summed E-state index contributed by atoms with van der Waals surface area (Å²) in [7, 11) is 0. The molecule has 0 fully saturated rings. The van der Waals surface area contributed by atoms with Crippen LogP contribution < -0.4 is 5.32 Å². The minimum atomic E-state index is -0.0963. The van der Waals surface area contributed by atoms with E-state index in [1.54, 1.807) is 12.1 Å². The van der Waals surface area contributed by atoms with Crippen molar-refractivity contribution in [2.24, 2.45) is 0 Å². The van der Waals surface area contributed by atoms with E-state index in [1.807, 2.05) is 56.0 Å². The first-order valence-corrected chi connectivity index (χ1v) is 8.06. The van der Waals surface area contributed by atoms with E-state index < -0.39 is 0 Å². The minimum Gasteiger partial charge on any atom is -0.351 e. The van der Waals surface area contributed by atoms with Gasteiger partial charge in [0.2, 0.25) is 5.95 Å². The maximum absolute atomic E-state index is 13.0. The summed E-state index contributed by atoms with van der Waals surface area (Å²) in [5.74, 6) is 0.350. The highest BCUT2D eigenvalue weighted by Gasteiger charge is 2.21. The Labute approximate surface area is 143 Å². The molecule has 2 rings (SSSR count). The van der Waals surface area contributed by atoms with Gasteiger partial charge in [0.25, 0.3) is 5.91 Å². The smallest absolute Gasteiger partial charge is 0.273 e. The van der Waals surface area contributed by atoms with Crippen molar-refractivity contribution < 1.29 is 4.79 Å². The van der Waals surface area contributed by atoms with E-state index in [-0.39, 0.29) is 11.9 Å². The van der Waals surface area contributed by atoms with E-state index in [2.05, 4.69) is 21.9 Å². The summed E-state index contributed by atoms with van der Waals surface area (Å²) in [6.07, 6.45) is 1.73. The zero-order valence-electron chi connectivity index (χ0n) is 14.5. The standard InChI is InChI=1S/C19H24N4O/c1-5-11-20-19-21-15(4)12-17(22-19)18(24)23(14(2)3)13-16-9-7-6-8-10-16/h5-10,12,14H,1,11,13H2,2-4H3,(H,20,21,22). The number of nitrogens with zero attached hydrogens (tertiary/aromatic N) is 3. The number of rotatable bonds is 7. The second-order valence-electron chi connectivity index (χ2n) is 5.90. The molecule has 1 heterocycles. The lowest BCUT2D eigenvalue weighted by molar-refractivity contribution is 0.0684. The van der Waals surface area contributed by atoms with Gasteiger partial charge in [-0.15, -0.1) is 6.58 Å². The van der Waals surface area contributed by atoms with Gasteiger partial charge >= 0.3 is 0 Å². The highest BCUT2D eigenvalue weighted by atomic mass is 16.2. The Bertz CT molecular complexity index is 698. The second kappa shape index (κ2) is 8.24. The number of amides is 1. The third kappa shape index (κ3) is 4.65. The average Bonchev–Trinajstić information content (AvgIpc) is 2.57. The molecule has 0 saturated heterocycles. The Morgan fingerprint density at radius 2 is 2.00 bits per heavy atom. The van der Waals surface area contributed by atoms with E-state index in [1.165, 1.54) is 0 Å². The molecule has 24 heavy (non-hydrogen) atoms. The van der Waals surface area contributed by atoms with Gasteiger partial charge in [0, 0.05) is 24.8 Å². The number of carbonyl (C=O) groups is 1. The highest BCUT2D eigenvalue weighted by Crippen LogP contribution is 2.14. The summed E-state index contributed by atoms with van der Waals surface area (Å²) in [6, 6.07) is 11.8. The normalized spacial score (nSPS) is 10.5. The highest BCUT2D eigenvalue weighted by molar-refractivity contribution is 5.92. The Balaban J connectivity index is 2.26. The molecule has 1 N–H and O–H groups in total. The van der Waals surface area contributed by atoms with E-state index >= 15 is 0 Å². The molecule has 0 atom stereocenters. The SMILES string of the molecule is C=CCNc1nc(C)cc(C(=O)N(Cc2ccccc2)C(C)C)n1. The number of carbonyl (C=O) groups excluding carboxylic acids is 1. The largest absolute Gasteiger partial charge is 0.351 e. The summed E-state index contributed by atoms with van der Waals surface area (Å²) in [6.45, 7) is 10.6. The molecule has 0 spiro atoms. The van der Waals surface area contributed by atoms with Crippen molar-refractivity contribution in [1.82, 2.24) is 14.9 Å². The van der Waals surface area contributed by atoms with Crippen molar-refractivity contribution in [2.75, 3.05) is 11.9 Å². The zero-order valence-corrected chi connectivity index (χ0v) is 14.5. The molecule has 0 unspecified atom stereocenters. The van der Waals surface area contributed by atoms with Crippen LogP contribution in [-0.2, 0) is 6.54 Å². The number of aryl methyl sites for hydroxylation is 1. The number of hydrogen-bond acceptors (Lipinski definition) is 4. The summed E-state index contributed by atoms with van der Waals surface area (Å²) in [5, 5.41) is 3.04. The van der Waals surface area contributed by atoms with Crippen LogP contribution in [0.5, 0.6) is 0 Å². The molecule has 1 amide bonds. The first-order valence-electron chi connectivity index (χ1n) is 8.06. The van der Waals surface area contributed by atoms with Gasteiger partial charge in [-0.25, -0.2) is 9.97 Å². The summed E-state index contributed by atoms with van der Waals surface area (Å²) in [4.78, 5) is 23.4. The van der Waals surface area contributed by atoms with Crippen LogP contribution in [0.1, 0.15) is 35.6 Å². The van der Waals surface area contributed by atoms with Crippen LogP contribution in [0.4, 0.5) is 5.95 Å². The molecule has 0 aliphatic heterocycles. The molecule has 5 nitrogen and oxygen atoms in total. The molecule has 0 aliphatic rings. The van der Waals surface area contributed by atoms with Crippen molar-refractivity contribution in [1.29, 1.82) is 0 Å². The monoisotopic (exact) mass is 324 g/mol. The summed E-state index contributed by atoms with van der Waals surface area (Å²) < 4.78 is 0. The van der Waals surface area contributed by atoms with Crippen LogP contribution in [0.2, 0.25) is 0 Å². The first-order chi connectivity index (χ1) is 11.5. The maximum atomic E-state index is 13.0.